The van der Waals surface area contributed by atoms with Crippen LogP contribution in [0.1, 0.15) is 55.3 Å². The van der Waals surface area contributed by atoms with Crippen LogP contribution in [0, 0.1) is 6.92 Å². The Balaban J connectivity index is 1.89. The molecule has 0 unspecified atom stereocenters. The number of methoxy groups -OCH3 is 1. The van der Waals surface area contributed by atoms with E-state index < -0.39 is 23.2 Å². The van der Waals surface area contributed by atoms with E-state index in [4.69, 9.17) is 14.9 Å². The van der Waals surface area contributed by atoms with Gasteiger partial charge >= 0.3 is 0 Å². The van der Waals surface area contributed by atoms with E-state index in [2.05, 4.69) is 15.3 Å². The van der Waals surface area contributed by atoms with E-state index in [0.29, 0.717) is 5.75 Å². The highest BCUT2D eigenvalue weighted by Gasteiger charge is 2.26. The molecule has 160 valence electrons. The number of primary amides is 1. The van der Waals surface area contributed by atoms with Crippen molar-refractivity contribution in [3.8, 4) is 5.75 Å². The van der Waals surface area contributed by atoms with E-state index in [-0.39, 0.29) is 40.7 Å². The lowest BCUT2D eigenvalue weighted by atomic mass is 10.1. The Morgan fingerprint density at radius 3 is 2.45 bits per heavy atom. The van der Waals surface area contributed by atoms with Gasteiger partial charge in [0.15, 0.2) is 5.78 Å². The summed E-state index contributed by atoms with van der Waals surface area (Å²) in [6, 6.07) is 8.15. The van der Waals surface area contributed by atoms with Gasteiger partial charge in [-0.1, -0.05) is 12.1 Å². The van der Waals surface area contributed by atoms with Crippen LogP contribution in [0.15, 0.2) is 39.5 Å². The third-order valence-corrected chi connectivity index (χ3v) is 4.46. The first-order chi connectivity index (χ1) is 14.7. The molecule has 10 nitrogen and oxygen atoms in total. The summed E-state index contributed by atoms with van der Waals surface area (Å²) >= 11 is 0. The van der Waals surface area contributed by atoms with Gasteiger partial charge in [0.1, 0.15) is 28.6 Å². The normalized spacial score (nSPS) is 10.5. The van der Waals surface area contributed by atoms with Crippen LogP contribution in [0.25, 0.3) is 0 Å². The minimum absolute atomic E-state index is 0.0122. The zero-order valence-corrected chi connectivity index (χ0v) is 17.1. The van der Waals surface area contributed by atoms with Crippen molar-refractivity contribution in [2.75, 3.05) is 12.4 Å². The fourth-order valence-corrected chi connectivity index (χ4v) is 3.10. The Labute approximate surface area is 176 Å². The predicted octanol–water partition coefficient (Wildman–Crippen LogP) is 1.82. The molecule has 2 heterocycles. The van der Waals surface area contributed by atoms with Gasteiger partial charge in [-0.3, -0.25) is 24.5 Å². The van der Waals surface area contributed by atoms with Crippen molar-refractivity contribution in [1.29, 1.82) is 0 Å². The average molecular weight is 424 g/mol. The number of H-pyrrole nitrogens is 1. The van der Waals surface area contributed by atoms with Crippen LogP contribution in [-0.2, 0) is 6.42 Å². The highest BCUT2D eigenvalue weighted by atomic mass is 16.5. The van der Waals surface area contributed by atoms with Crippen molar-refractivity contribution in [2.45, 2.75) is 20.3 Å². The van der Waals surface area contributed by atoms with Gasteiger partial charge in [-0.05, 0) is 31.5 Å². The summed E-state index contributed by atoms with van der Waals surface area (Å²) in [7, 11) is 1.56. The number of carbonyl (C=O) groups is 3. The second-order valence-corrected chi connectivity index (χ2v) is 6.71. The number of ketones is 1. The second-order valence-electron chi connectivity index (χ2n) is 6.71. The van der Waals surface area contributed by atoms with Crippen molar-refractivity contribution in [3.63, 3.8) is 0 Å². The number of aryl methyl sites for hydroxylation is 1. The molecule has 3 aromatic rings. The fraction of sp³-hybridized carbons (Fsp3) is 0.190. The molecule has 2 aromatic heterocycles. The summed E-state index contributed by atoms with van der Waals surface area (Å²) in [6.45, 7) is 2.72. The van der Waals surface area contributed by atoms with Crippen LogP contribution < -0.4 is 21.3 Å². The Morgan fingerprint density at radius 2 is 1.87 bits per heavy atom. The fourth-order valence-electron chi connectivity index (χ4n) is 3.10. The first-order valence-electron chi connectivity index (χ1n) is 9.18. The number of nitrogens with zero attached hydrogens (tertiary/aromatic N) is 1. The summed E-state index contributed by atoms with van der Waals surface area (Å²) in [5.41, 5.74) is 5.22. The van der Waals surface area contributed by atoms with E-state index in [0.717, 1.165) is 11.6 Å². The Bertz CT molecular complexity index is 1220. The van der Waals surface area contributed by atoms with Gasteiger partial charge in [-0.15, -0.1) is 0 Å². The molecule has 4 N–H and O–H groups in total. The molecule has 0 aliphatic carbocycles. The number of furan rings is 1. The smallest absolute Gasteiger partial charge is 0.276 e. The average Bonchev–Trinajstić information content (AvgIpc) is 3.04. The van der Waals surface area contributed by atoms with Crippen molar-refractivity contribution in [1.82, 2.24) is 9.97 Å². The van der Waals surface area contributed by atoms with Crippen LogP contribution in [-0.4, -0.2) is 34.7 Å². The van der Waals surface area contributed by atoms with Gasteiger partial charge in [0.25, 0.3) is 17.4 Å². The number of carbonyl (C=O) groups excluding carboxylic acids is 3. The number of rotatable bonds is 7. The molecule has 0 fully saturated rings. The van der Waals surface area contributed by atoms with Gasteiger partial charge < -0.3 is 19.9 Å². The van der Waals surface area contributed by atoms with Crippen LogP contribution in [0.2, 0.25) is 0 Å². The highest BCUT2D eigenvalue weighted by molar-refractivity contribution is 6.13. The van der Waals surface area contributed by atoms with Crippen molar-refractivity contribution >= 4 is 23.5 Å². The molecule has 31 heavy (non-hydrogen) atoms. The zero-order valence-electron chi connectivity index (χ0n) is 17.1. The summed E-state index contributed by atoms with van der Waals surface area (Å²) in [4.78, 5) is 55.1. The molecule has 0 aliphatic heterocycles. The topological polar surface area (TPSA) is 157 Å². The van der Waals surface area contributed by atoms with E-state index in [9.17, 15) is 19.2 Å². The highest BCUT2D eigenvalue weighted by Crippen LogP contribution is 2.27. The molecule has 0 atom stereocenters. The number of benzene rings is 1. The summed E-state index contributed by atoms with van der Waals surface area (Å²) < 4.78 is 10.5. The summed E-state index contributed by atoms with van der Waals surface area (Å²) in [5.74, 6) is -1.37. The standard InChI is InChI=1S/C21H20N4O6/c1-10(26)17-11(2)31-21(18(17)19(22)28)25-20(29)14-9-16(27)24-15(23-14)8-12-4-6-13(30-3)7-5-12/h4-7,9H,8H2,1-3H3,(H2,22,28)(H,25,29)(H,23,24,27). The molecule has 0 spiro atoms. The number of nitrogens with one attached hydrogen (secondary N) is 2. The Hall–Kier alpha value is -4.21. The predicted molar refractivity (Wildman–Crippen MR) is 111 cm³/mol. The molecular formula is C21H20N4O6. The van der Waals surface area contributed by atoms with Crippen molar-refractivity contribution in [2.24, 2.45) is 5.73 Å². The number of hydrogen-bond donors (Lipinski definition) is 3. The summed E-state index contributed by atoms with van der Waals surface area (Å²) in [5, 5.41) is 2.37. The molecule has 3 rings (SSSR count). The lowest BCUT2D eigenvalue weighted by molar-refractivity contribution is 0.0974. The quantitative estimate of drug-likeness (QED) is 0.488. The van der Waals surface area contributed by atoms with Gasteiger partial charge in [0, 0.05) is 12.5 Å². The Kier molecular flexibility index (Phi) is 6.00. The number of hydrogen-bond acceptors (Lipinski definition) is 7. The van der Waals surface area contributed by atoms with Crippen molar-refractivity contribution in [3.05, 3.63) is 74.7 Å². The van der Waals surface area contributed by atoms with Crippen LogP contribution in [0.4, 0.5) is 5.88 Å². The first kappa shape index (κ1) is 21.5. The molecule has 10 heteroatoms. The number of aromatic amines is 1. The number of amides is 2. The number of ether oxygens (including phenoxy) is 1. The molecule has 0 saturated carbocycles. The van der Waals surface area contributed by atoms with Gasteiger partial charge in [0.2, 0.25) is 5.88 Å². The largest absolute Gasteiger partial charge is 0.497 e. The van der Waals surface area contributed by atoms with Crippen LogP contribution in [0.5, 0.6) is 5.75 Å². The third kappa shape index (κ3) is 4.69. The lowest BCUT2D eigenvalue weighted by Gasteiger charge is -2.06. The van der Waals surface area contributed by atoms with Crippen molar-refractivity contribution < 1.29 is 23.5 Å². The van der Waals surface area contributed by atoms with Gasteiger partial charge in [-0.25, -0.2) is 4.98 Å². The first-order valence-corrected chi connectivity index (χ1v) is 9.18. The van der Waals surface area contributed by atoms with Gasteiger partial charge in [0.05, 0.1) is 12.7 Å². The molecule has 1 aromatic carbocycles. The Morgan fingerprint density at radius 1 is 1.19 bits per heavy atom. The van der Waals surface area contributed by atoms with Crippen LogP contribution in [0.3, 0.4) is 0 Å². The molecule has 2 amide bonds. The SMILES string of the molecule is COc1ccc(Cc2nc(C(=O)Nc3oc(C)c(C(C)=O)c3C(N)=O)cc(=O)[nH]2)cc1. The number of aromatic nitrogens is 2. The van der Waals surface area contributed by atoms with E-state index in [1.807, 2.05) is 0 Å². The molecule has 0 aliphatic rings. The minimum atomic E-state index is -0.934. The third-order valence-electron chi connectivity index (χ3n) is 4.46. The zero-order chi connectivity index (χ0) is 22.7. The van der Waals surface area contributed by atoms with E-state index in [1.165, 1.54) is 13.8 Å². The molecule has 0 saturated heterocycles. The van der Waals surface area contributed by atoms with Gasteiger partial charge in [-0.2, -0.15) is 0 Å². The number of Topliss-reactive ketones (excluding diaryl/α,β-unsaturated/α-hetero) is 1. The van der Waals surface area contributed by atoms with E-state index in [1.54, 1.807) is 31.4 Å². The maximum atomic E-state index is 12.7. The second kappa shape index (κ2) is 8.66. The maximum Gasteiger partial charge on any atom is 0.276 e. The number of nitrogens with two attached hydrogens (primary N) is 1. The molecule has 0 bridgehead atoms. The maximum absolute atomic E-state index is 12.7. The minimum Gasteiger partial charge on any atom is -0.497 e. The van der Waals surface area contributed by atoms with E-state index >= 15 is 0 Å². The summed E-state index contributed by atoms with van der Waals surface area (Å²) in [6.07, 6.45) is 0.265. The molecule has 0 radical (unpaired) electrons. The molecular weight excluding hydrogens is 404 g/mol. The monoisotopic (exact) mass is 424 g/mol. The number of anilines is 1. The lowest BCUT2D eigenvalue weighted by Crippen LogP contribution is -2.22. The van der Waals surface area contributed by atoms with Crippen LogP contribution >= 0.6 is 0 Å².